The fourth-order valence-electron chi connectivity index (χ4n) is 3.51. The molecule has 1 fully saturated rings. The van der Waals surface area contributed by atoms with Crippen LogP contribution in [0.25, 0.3) is 0 Å². The molecule has 6 heteroatoms. The fraction of sp³-hybridized carbons (Fsp3) is 0.318. The van der Waals surface area contributed by atoms with Gasteiger partial charge in [-0.15, -0.1) is 0 Å². The van der Waals surface area contributed by atoms with Crippen molar-refractivity contribution in [2.75, 3.05) is 4.90 Å². The third kappa shape index (κ3) is 3.87. The lowest BCUT2D eigenvalue weighted by molar-refractivity contribution is -0.123. The predicted molar refractivity (Wildman–Crippen MR) is 112 cm³/mol. The van der Waals surface area contributed by atoms with Crippen molar-refractivity contribution in [2.45, 2.75) is 45.7 Å². The number of nitrogens with zero attached hydrogens (tertiary/aromatic N) is 2. The van der Waals surface area contributed by atoms with Crippen molar-refractivity contribution in [1.29, 1.82) is 0 Å². The maximum absolute atomic E-state index is 13.3. The van der Waals surface area contributed by atoms with E-state index in [1.165, 1.54) is 4.90 Å². The zero-order valence-electron chi connectivity index (χ0n) is 16.4. The Morgan fingerprint density at radius 3 is 2.32 bits per heavy atom. The molecule has 28 heavy (non-hydrogen) atoms. The van der Waals surface area contributed by atoms with Crippen molar-refractivity contribution in [3.05, 3.63) is 64.1 Å². The molecule has 3 amide bonds. The summed E-state index contributed by atoms with van der Waals surface area (Å²) in [5, 5.41) is 0. The molecule has 0 aromatic heterocycles. The predicted octanol–water partition coefficient (Wildman–Crippen LogP) is 4.33. The molecule has 1 atom stereocenters. The Hall–Kier alpha value is -2.47. The number of halogens is 1. The smallest absolute Gasteiger partial charge is 0.257 e. The second-order valence-electron chi connectivity index (χ2n) is 7.98. The monoisotopic (exact) mass is 442 g/mol. The molecule has 0 radical (unpaired) electrons. The molecule has 2 aromatic carbocycles. The molecule has 0 bridgehead atoms. The summed E-state index contributed by atoms with van der Waals surface area (Å²) < 4.78 is 0.859. The van der Waals surface area contributed by atoms with Gasteiger partial charge in [0.05, 0.1) is 12.1 Å². The third-order valence-corrected chi connectivity index (χ3v) is 5.25. The summed E-state index contributed by atoms with van der Waals surface area (Å²) in [7, 11) is 0. The molecule has 1 heterocycles. The molecule has 0 aliphatic carbocycles. The Kier molecular flexibility index (Phi) is 5.44. The van der Waals surface area contributed by atoms with Gasteiger partial charge in [-0.25, -0.2) is 4.90 Å². The first-order valence-electron chi connectivity index (χ1n) is 9.12. The van der Waals surface area contributed by atoms with Gasteiger partial charge in [-0.2, -0.15) is 0 Å². The van der Waals surface area contributed by atoms with Crippen LogP contribution >= 0.6 is 15.9 Å². The molecule has 2 aromatic rings. The first-order valence-corrected chi connectivity index (χ1v) is 9.91. The summed E-state index contributed by atoms with van der Waals surface area (Å²) in [5.74, 6) is -0.924. The van der Waals surface area contributed by atoms with E-state index in [1.807, 2.05) is 39.8 Å². The zero-order chi connectivity index (χ0) is 20.6. The molecule has 146 valence electrons. The van der Waals surface area contributed by atoms with Gasteiger partial charge in [0, 0.05) is 15.6 Å². The Bertz CT molecular complexity index is 932. The highest BCUT2D eigenvalue weighted by molar-refractivity contribution is 9.10. The lowest BCUT2D eigenvalue weighted by Crippen LogP contribution is -2.54. The van der Waals surface area contributed by atoms with Gasteiger partial charge in [-0.3, -0.25) is 14.4 Å². The van der Waals surface area contributed by atoms with Crippen LogP contribution in [0.15, 0.2) is 53.0 Å². The number of rotatable bonds is 3. The zero-order valence-corrected chi connectivity index (χ0v) is 18.0. The second-order valence-corrected chi connectivity index (χ2v) is 8.89. The van der Waals surface area contributed by atoms with Crippen molar-refractivity contribution in [3.63, 3.8) is 0 Å². The van der Waals surface area contributed by atoms with Crippen LogP contribution in [0.1, 0.15) is 43.1 Å². The Labute approximate surface area is 173 Å². The summed E-state index contributed by atoms with van der Waals surface area (Å²) in [6, 6.07) is 13.4. The summed E-state index contributed by atoms with van der Waals surface area (Å²) >= 11 is 3.35. The van der Waals surface area contributed by atoms with Gasteiger partial charge in [0.15, 0.2) is 0 Å². The van der Waals surface area contributed by atoms with Crippen molar-refractivity contribution in [3.8, 4) is 0 Å². The summed E-state index contributed by atoms with van der Waals surface area (Å²) in [6.07, 6.45) is -0.0241. The first-order chi connectivity index (χ1) is 13.1. The number of aryl methyl sites for hydroxylation is 1. The van der Waals surface area contributed by atoms with Crippen LogP contribution in [0, 0.1) is 6.92 Å². The van der Waals surface area contributed by atoms with E-state index in [0.29, 0.717) is 11.3 Å². The van der Waals surface area contributed by atoms with Gasteiger partial charge in [0.2, 0.25) is 5.91 Å². The lowest BCUT2D eigenvalue weighted by Gasteiger charge is -2.39. The topological polar surface area (TPSA) is 57.7 Å². The number of benzene rings is 2. The van der Waals surface area contributed by atoms with E-state index in [9.17, 15) is 14.4 Å². The van der Waals surface area contributed by atoms with E-state index in [4.69, 9.17) is 0 Å². The van der Waals surface area contributed by atoms with E-state index in [2.05, 4.69) is 15.9 Å². The molecule has 1 unspecified atom stereocenters. The highest BCUT2D eigenvalue weighted by atomic mass is 79.9. The highest BCUT2D eigenvalue weighted by Crippen LogP contribution is 2.31. The minimum atomic E-state index is -0.829. The standard InChI is InChI=1S/C22H23BrN2O3/c1-14-6-5-7-15(12-14)20(27)25(22(2,3)4)18-13-19(26)24(21(18)28)17-10-8-16(23)9-11-17/h5-12,18H,13H2,1-4H3. The van der Waals surface area contributed by atoms with E-state index >= 15 is 0 Å². The number of hydrogen-bond donors (Lipinski definition) is 0. The van der Waals surface area contributed by atoms with Crippen LogP contribution in [0.4, 0.5) is 5.69 Å². The normalized spacial score (nSPS) is 17.2. The molecule has 5 nitrogen and oxygen atoms in total. The Balaban J connectivity index is 1.98. The fourth-order valence-corrected chi connectivity index (χ4v) is 3.77. The average molecular weight is 443 g/mol. The molecular formula is C22H23BrN2O3. The number of imide groups is 1. The van der Waals surface area contributed by atoms with E-state index < -0.39 is 11.6 Å². The molecule has 3 rings (SSSR count). The maximum Gasteiger partial charge on any atom is 0.257 e. The van der Waals surface area contributed by atoms with E-state index in [0.717, 1.165) is 10.0 Å². The second kappa shape index (κ2) is 7.51. The van der Waals surface area contributed by atoms with Gasteiger partial charge in [-0.1, -0.05) is 33.6 Å². The van der Waals surface area contributed by atoms with Crippen LogP contribution in [0.5, 0.6) is 0 Å². The molecule has 1 aliphatic rings. The van der Waals surface area contributed by atoms with Crippen molar-refractivity contribution >= 4 is 39.3 Å². The van der Waals surface area contributed by atoms with Gasteiger partial charge < -0.3 is 4.90 Å². The highest BCUT2D eigenvalue weighted by Gasteiger charge is 2.47. The molecule has 0 saturated carbocycles. The largest absolute Gasteiger partial charge is 0.321 e. The summed E-state index contributed by atoms with van der Waals surface area (Å²) in [4.78, 5) is 41.9. The van der Waals surface area contributed by atoms with Crippen LogP contribution in [-0.4, -0.2) is 34.2 Å². The SMILES string of the molecule is Cc1cccc(C(=O)N(C2CC(=O)N(c3ccc(Br)cc3)C2=O)C(C)(C)C)c1. The number of amides is 3. The number of carbonyl (C=O) groups is 3. The first kappa shape index (κ1) is 20.3. The van der Waals surface area contributed by atoms with Crippen molar-refractivity contribution in [1.82, 2.24) is 4.90 Å². The van der Waals surface area contributed by atoms with Gasteiger partial charge in [0.1, 0.15) is 6.04 Å². The third-order valence-electron chi connectivity index (χ3n) is 4.73. The number of carbonyl (C=O) groups excluding carboxylic acids is 3. The number of hydrogen-bond acceptors (Lipinski definition) is 3. The van der Waals surface area contributed by atoms with E-state index in [-0.39, 0.29) is 24.1 Å². The van der Waals surface area contributed by atoms with Crippen LogP contribution in [-0.2, 0) is 9.59 Å². The molecule has 1 aliphatic heterocycles. The van der Waals surface area contributed by atoms with Crippen LogP contribution in [0.2, 0.25) is 0 Å². The summed E-state index contributed by atoms with van der Waals surface area (Å²) in [6.45, 7) is 7.54. The van der Waals surface area contributed by atoms with Crippen LogP contribution < -0.4 is 4.90 Å². The maximum atomic E-state index is 13.3. The summed E-state index contributed by atoms with van der Waals surface area (Å²) in [5.41, 5.74) is 1.36. The van der Waals surface area contributed by atoms with Crippen LogP contribution in [0.3, 0.4) is 0 Å². The van der Waals surface area contributed by atoms with Gasteiger partial charge in [-0.05, 0) is 64.1 Å². The van der Waals surface area contributed by atoms with Gasteiger partial charge >= 0.3 is 0 Å². The molecule has 1 saturated heterocycles. The Morgan fingerprint density at radius 2 is 1.75 bits per heavy atom. The quantitative estimate of drug-likeness (QED) is 0.664. The number of anilines is 1. The molecular weight excluding hydrogens is 420 g/mol. The molecule has 0 spiro atoms. The van der Waals surface area contributed by atoms with Gasteiger partial charge in [0.25, 0.3) is 11.8 Å². The minimum Gasteiger partial charge on any atom is -0.321 e. The molecule has 0 N–H and O–H groups in total. The van der Waals surface area contributed by atoms with Crippen molar-refractivity contribution < 1.29 is 14.4 Å². The average Bonchev–Trinajstić information content (AvgIpc) is 2.89. The Morgan fingerprint density at radius 1 is 1.11 bits per heavy atom. The van der Waals surface area contributed by atoms with Crippen molar-refractivity contribution in [2.24, 2.45) is 0 Å². The lowest BCUT2D eigenvalue weighted by atomic mass is 9.99. The van der Waals surface area contributed by atoms with E-state index in [1.54, 1.807) is 41.3 Å². The minimum absolute atomic E-state index is 0.0241.